The molecule has 0 spiro atoms. The molecule has 0 saturated carbocycles. The van der Waals surface area contributed by atoms with Crippen molar-refractivity contribution in [2.45, 2.75) is 6.42 Å². The van der Waals surface area contributed by atoms with E-state index in [2.05, 4.69) is 27.8 Å². The predicted molar refractivity (Wildman–Crippen MR) is 119 cm³/mol. The summed E-state index contributed by atoms with van der Waals surface area (Å²) < 4.78 is 0. The molecule has 1 aromatic heterocycles. The Morgan fingerprint density at radius 1 is 0.800 bits per heavy atom. The third-order valence-corrected chi connectivity index (χ3v) is 4.84. The van der Waals surface area contributed by atoms with Crippen LogP contribution < -0.4 is 10.6 Å². The standard InChI is InChI=1S/C19H13NO.C4H4N2O2S/c21-19(18-12-14-7-2-4-11-17(14)20-18)16-10-5-8-13-6-1-3-9-15(13)16;7-2-1-3(8)6-4(9)5-2/h1-12,20H;1H2,(H2,5,6,7,8,9). The number of carbonyl (C=O) groups excluding carboxylic acids is 3. The highest BCUT2D eigenvalue weighted by atomic mass is 32.1. The maximum atomic E-state index is 12.8. The van der Waals surface area contributed by atoms with Gasteiger partial charge in [0, 0.05) is 16.5 Å². The van der Waals surface area contributed by atoms with Crippen LogP contribution in [0.2, 0.25) is 0 Å². The Kier molecular flexibility index (Phi) is 5.36. The molecule has 3 aromatic carbocycles. The smallest absolute Gasteiger partial charge is 0.235 e. The van der Waals surface area contributed by atoms with Crippen molar-refractivity contribution >= 4 is 56.6 Å². The Morgan fingerprint density at radius 3 is 2.13 bits per heavy atom. The number of thiocarbonyl (C=S) groups is 1. The molecule has 4 aromatic rings. The summed E-state index contributed by atoms with van der Waals surface area (Å²) in [6.07, 6.45) is -0.125. The van der Waals surface area contributed by atoms with Crippen molar-refractivity contribution in [3.63, 3.8) is 0 Å². The predicted octanol–water partition coefficient (Wildman–Crippen LogP) is 3.46. The van der Waals surface area contributed by atoms with Crippen LogP contribution in [0.3, 0.4) is 0 Å². The molecule has 5 rings (SSSR count). The van der Waals surface area contributed by atoms with Crippen molar-refractivity contribution in [3.05, 3.63) is 84.1 Å². The second kappa shape index (κ2) is 8.26. The number of ketones is 1. The van der Waals surface area contributed by atoms with Crippen molar-refractivity contribution in [1.29, 1.82) is 0 Å². The second-order valence-corrected chi connectivity index (χ2v) is 7.14. The first-order valence-corrected chi connectivity index (χ1v) is 9.66. The highest BCUT2D eigenvalue weighted by molar-refractivity contribution is 7.80. The number of nitrogens with one attached hydrogen (secondary N) is 3. The van der Waals surface area contributed by atoms with E-state index in [1.807, 2.05) is 72.8 Å². The van der Waals surface area contributed by atoms with E-state index >= 15 is 0 Å². The van der Waals surface area contributed by atoms with Crippen molar-refractivity contribution in [2.75, 3.05) is 0 Å². The van der Waals surface area contributed by atoms with Crippen molar-refractivity contribution in [1.82, 2.24) is 15.6 Å². The molecular weight excluding hydrogens is 398 g/mol. The topological polar surface area (TPSA) is 91.1 Å². The normalized spacial score (nSPS) is 13.4. The monoisotopic (exact) mass is 415 g/mol. The number of aromatic amines is 1. The number of rotatable bonds is 2. The fraction of sp³-hybridized carbons (Fsp3) is 0.0435. The number of hydrogen-bond acceptors (Lipinski definition) is 4. The third-order valence-electron chi connectivity index (χ3n) is 4.64. The SMILES string of the molecule is O=C(c1cc2ccccc2[nH]1)c1cccc2ccccc12.O=C1CC(=O)NC(=S)N1. The van der Waals surface area contributed by atoms with Crippen LogP contribution in [0.5, 0.6) is 0 Å². The van der Waals surface area contributed by atoms with Gasteiger partial charge in [-0.3, -0.25) is 14.4 Å². The maximum Gasteiger partial charge on any atom is 0.235 e. The van der Waals surface area contributed by atoms with Gasteiger partial charge in [-0.2, -0.15) is 0 Å². The number of benzene rings is 3. The molecule has 3 N–H and O–H groups in total. The van der Waals surface area contributed by atoms with E-state index in [-0.39, 0.29) is 29.1 Å². The van der Waals surface area contributed by atoms with Gasteiger partial charge < -0.3 is 15.6 Å². The molecule has 1 aliphatic rings. The Hall–Kier alpha value is -3.84. The first kappa shape index (κ1) is 19.5. The molecule has 7 heteroatoms. The van der Waals surface area contributed by atoms with E-state index in [0.29, 0.717) is 5.69 Å². The van der Waals surface area contributed by atoms with Gasteiger partial charge in [-0.15, -0.1) is 0 Å². The zero-order valence-corrected chi connectivity index (χ0v) is 16.6. The molecule has 148 valence electrons. The van der Waals surface area contributed by atoms with Crippen LogP contribution in [0.1, 0.15) is 22.5 Å². The summed E-state index contributed by atoms with van der Waals surface area (Å²) in [4.78, 5) is 36.9. The Balaban J connectivity index is 0.000000204. The van der Waals surface area contributed by atoms with Gasteiger partial charge in [0.1, 0.15) is 6.42 Å². The Bertz CT molecular complexity index is 1230. The third kappa shape index (κ3) is 4.11. The number of H-pyrrole nitrogens is 1. The molecule has 2 amide bonds. The summed E-state index contributed by atoms with van der Waals surface area (Å²) in [5, 5.41) is 7.76. The summed E-state index contributed by atoms with van der Waals surface area (Å²) in [6.45, 7) is 0. The summed E-state index contributed by atoms with van der Waals surface area (Å²) in [7, 11) is 0. The van der Waals surface area contributed by atoms with Gasteiger partial charge in [0.2, 0.25) is 17.6 Å². The van der Waals surface area contributed by atoms with Crippen molar-refractivity contribution in [2.24, 2.45) is 0 Å². The highest BCUT2D eigenvalue weighted by Gasteiger charge is 2.17. The molecule has 1 aliphatic heterocycles. The highest BCUT2D eigenvalue weighted by Crippen LogP contribution is 2.23. The van der Waals surface area contributed by atoms with Crippen LogP contribution in [0, 0.1) is 0 Å². The quantitative estimate of drug-likeness (QED) is 0.266. The largest absolute Gasteiger partial charge is 0.352 e. The van der Waals surface area contributed by atoms with E-state index in [9.17, 15) is 14.4 Å². The second-order valence-electron chi connectivity index (χ2n) is 6.73. The summed E-state index contributed by atoms with van der Waals surface area (Å²) >= 11 is 4.50. The van der Waals surface area contributed by atoms with Crippen LogP contribution in [-0.4, -0.2) is 27.7 Å². The molecule has 30 heavy (non-hydrogen) atoms. The molecule has 1 saturated heterocycles. The Morgan fingerprint density at radius 2 is 1.43 bits per heavy atom. The van der Waals surface area contributed by atoms with Crippen LogP contribution in [0.4, 0.5) is 0 Å². The molecule has 1 fully saturated rings. The van der Waals surface area contributed by atoms with Gasteiger partial charge in [-0.25, -0.2) is 0 Å². The molecule has 0 atom stereocenters. The summed E-state index contributed by atoms with van der Waals surface area (Å²) in [5.74, 6) is -0.657. The van der Waals surface area contributed by atoms with Gasteiger partial charge >= 0.3 is 0 Å². The average molecular weight is 415 g/mol. The molecule has 0 bridgehead atoms. The molecule has 0 unspecified atom stereocenters. The van der Waals surface area contributed by atoms with Gasteiger partial charge in [0.05, 0.1) is 5.69 Å². The minimum atomic E-state index is -0.344. The van der Waals surface area contributed by atoms with E-state index in [1.54, 1.807) is 0 Å². The van der Waals surface area contributed by atoms with Crippen molar-refractivity contribution in [3.8, 4) is 0 Å². The van der Waals surface area contributed by atoms with Crippen LogP contribution in [-0.2, 0) is 9.59 Å². The average Bonchev–Trinajstić information content (AvgIpc) is 3.16. The lowest BCUT2D eigenvalue weighted by molar-refractivity contribution is -0.129. The first-order chi connectivity index (χ1) is 14.5. The molecule has 6 nitrogen and oxygen atoms in total. The van der Waals surface area contributed by atoms with Gasteiger partial charge in [-0.1, -0.05) is 60.7 Å². The van der Waals surface area contributed by atoms with E-state index in [1.165, 1.54) is 0 Å². The van der Waals surface area contributed by atoms with Gasteiger partial charge in [0.15, 0.2) is 5.11 Å². The van der Waals surface area contributed by atoms with Crippen LogP contribution in [0.25, 0.3) is 21.7 Å². The lowest BCUT2D eigenvalue weighted by Crippen LogP contribution is -2.49. The first-order valence-electron chi connectivity index (χ1n) is 9.25. The number of fused-ring (bicyclic) bond motifs is 2. The number of aromatic nitrogens is 1. The van der Waals surface area contributed by atoms with Gasteiger partial charge in [-0.05, 0) is 35.1 Å². The number of amides is 2. The van der Waals surface area contributed by atoms with E-state index in [0.717, 1.165) is 27.2 Å². The lowest BCUT2D eigenvalue weighted by atomic mass is 10.00. The van der Waals surface area contributed by atoms with Crippen molar-refractivity contribution < 1.29 is 14.4 Å². The Labute approximate surface area is 177 Å². The molecule has 2 heterocycles. The van der Waals surface area contributed by atoms with Gasteiger partial charge in [0.25, 0.3) is 0 Å². The molecule has 0 radical (unpaired) electrons. The molecule has 0 aliphatic carbocycles. The minimum Gasteiger partial charge on any atom is -0.352 e. The minimum absolute atomic E-state index is 0.0306. The number of hydrogen-bond donors (Lipinski definition) is 3. The number of para-hydroxylation sites is 1. The number of carbonyl (C=O) groups is 3. The lowest BCUT2D eigenvalue weighted by Gasteiger charge is -2.12. The fourth-order valence-corrected chi connectivity index (χ4v) is 3.51. The summed E-state index contributed by atoms with van der Waals surface area (Å²) in [6, 6.07) is 23.6. The zero-order valence-electron chi connectivity index (χ0n) is 15.8. The molecular formula is C23H17N3O3S. The maximum absolute atomic E-state index is 12.8. The summed E-state index contributed by atoms with van der Waals surface area (Å²) in [5.41, 5.74) is 2.35. The fourth-order valence-electron chi connectivity index (χ4n) is 3.28. The van der Waals surface area contributed by atoms with E-state index < -0.39 is 0 Å². The van der Waals surface area contributed by atoms with E-state index in [4.69, 9.17) is 0 Å². The van der Waals surface area contributed by atoms with Crippen LogP contribution >= 0.6 is 12.2 Å². The van der Waals surface area contributed by atoms with Crippen LogP contribution in [0.15, 0.2) is 72.8 Å². The zero-order chi connectivity index (χ0) is 21.1.